The molecule has 2 aromatic heterocycles. The van der Waals surface area contributed by atoms with Gasteiger partial charge < -0.3 is 9.97 Å². The molecule has 0 saturated carbocycles. The molecule has 0 aliphatic heterocycles. The number of nitrogens with one attached hydrogen (secondary N) is 4. The Kier molecular flexibility index (Phi) is 6.32. The van der Waals surface area contributed by atoms with Crippen LogP contribution in [0.4, 0.5) is 0 Å². The van der Waals surface area contributed by atoms with Gasteiger partial charge in [-0.1, -0.05) is 21.6 Å². The molecule has 10 heteroatoms. The van der Waals surface area contributed by atoms with E-state index in [1.165, 1.54) is 0 Å². The normalized spacial score (nSPS) is 10.9. The molecule has 130 valence electrons. The van der Waals surface area contributed by atoms with E-state index >= 15 is 0 Å². The minimum Gasteiger partial charge on any atom is -0.311 e. The second-order valence-corrected chi connectivity index (χ2v) is 7.87. The fourth-order valence-corrected chi connectivity index (χ4v) is 4.28. The Morgan fingerprint density at radius 3 is 1.38 bits per heavy atom. The van der Waals surface area contributed by atoms with Gasteiger partial charge in [-0.3, -0.25) is 19.6 Å². The lowest BCUT2D eigenvalue weighted by atomic mass is 10.2. The van der Waals surface area contributed by atoms with Crippen LogP contribution in [0.25, 0.3) is 0 Å². The number of hydrogen-bond acceptors (Lipinski definition) is 6. The van der Waals surface area contributed by atoms with Crippen molar-refractivity contribution in [1.29, 1.82) is 0 Å². The summed E-state index contributed by atoms with van der Waals surface area (Å²) in [6.07, 6.45) is 1.10. The molecule has 0 radical (unpaired) electrons. The average molecular weight is 370 g/mol. The van der Waals surface area contributed by atoms with Crippen molar-refractivity contribution in [2.75, 3.05) is 11.5 Å². The number of aromatic nitrogens is 4. The van der Waals surface area contributed by atoms with E-state index in [9.17, 15) is 19.2 Å². The lowest BCUT2D eigenvalue weighted by Gasteiger charge is -2.05. The Labute approximate surface area is 144 Å². The van der Waals surface area contributed by atoms with Gasteiger partial charge in [-0.2, -0.15) is 0 Å². The second kappa shape index (κ2) is 8.25. The predicted octanol–water partition coefficient (Wildman–Crippen LogP) is 0.223. The van der Waals surface area contributed by atoms with Crippen molar-refractivity contribution in [3.63, 3.8) is 0 Å². The lowest BCUT2D eigenvalue weighted by molar-refractivity contribution is 0.924. The SMILES string of the molecule is Cc1[nH]c(=O)[nH]c(=O)c1CCSSCCc1c(C)[nH]c(=O)[nH]c1=O. The van der Waals surface area contributed by atoms with Crippen molar-refractivity contribution in [2.45, 2.75) is 26.7 Å². The number of aromatic amines is 4. The third-order valence-electron chi connectivity index (χ3n) is 3.46. The third-order valence-corrected chi connectivity index (χ3v) is 5.87. The van der Waals surface area contributed by atoms with Crippen molar-refractivity contribution in [2.24, 2.45) is 0 Å². The maximum Gasteiger partial charge on any atom is 0.325 e. The molecule has 0 unspecified atom stereocenters. The second-order valence-electron chi connectivity index (χ2n) is 5.17. The highest BCUT2D eigenvalue weighted by atomic mass is 33.1. The van der Waals surface area contributed by atoms with E-state index in [1.54, 1.807) is 35.4 Å². The quantitative estimate of drug-likeness (QED) is 0.407. The van der Waals surface area contributed by atoms with Crippen molar-refractivity contribution in [3.8, 4) is 0 Å². The Morgan fingerprint density at radius 1 is 0.667 bits per heavy atom. The van der Waals surface area contributed by atoms with E-state index in [0.29, 0.717) is 46.9 Å². The third kappa shape index (κ3) is 4.78. The highest BCUT2D eigenvalue weighted by molar-refractivity contribution is 8.76. The standard InChI is InChI=1S/C14H18N4O4S2/c1-7-9(11(19)17-13(21)15-7)3-5-23-24-6-4-10-8(2)16-14(22)18-12(10)20/h3-6H2,1-2H3,(H2,15,17,19,21)(H2,16,18,20,22). The van der Waals surface area contributed by atoms with Gasteiger partial charge in [0, 0.05) is 34.0 Å². The summed E-state index contributed by atoms with van der Waals surface area (Å²) in [6, 6.07) is 0. The van der Waals surface area contributed by atoms with Gasteiger partial charge in [-0.25, -0.2) is 9.59 Å². The van der Waals surface area contributed by atoms with E-state index in [1.807, 2.05) is 0 Å². The first kappa shape index (κ1) is 18.4. The summed E-state index contributed by atoms with van der Waals surface area (Å²) in [5.41, 5.74) is 0.643. The molecule has 4 N–H and O–H groups in total. The summed E-state index contributed by atoms with van der Waals surface area (Å²) in [5.74, 6) is 1.42. The van der Waals surface area contributed by atoms with Crippen molar-refractivity contribution in [3.05, 3.63) is 64.2 Å². The van der Waals surface area contributed by atoms with E-state index in [2.05, 4.69) is 19.9 Å². The summed E-state index contributed by atoms with van der Waals surface area (Å²) in [6.45, 7) is 3.41. The molecule has 0 spiro atoms. The van der Waals surface area contributed by atoms with Crippen molar-refractivity contribution >= 4 is 21.6 Å². The molecule has 0 fully saturated rings. The lowest BCUT2D eigenvalue weighted by Crippen LogP contribution is -2.27. The van der Waals surface area contributed by atoms with Crippen molar-refractivity contribution < 1.29 is 0 Å². The van der Waals surface area contributed by atoms with Gasteiger partial charge in [0.1, 0.15) is 0 Å². The monoisotopic (exact) mass is 370 g/mol. The minimum atomic E-state index is -0.496. The molecular formula is C14H18N4O4S2. The van der Waals surface area contributed by atoms with Crippen molar-refractivity contribution in [1.82, 2.24) is 19.9 Å². The van der Waals surface area contributed by atoms with E-state index < -0.39 is 11.4 Å². The van der Waals surface area contributed by atoms with E-state index in [4.69, 9.17) is 0 Å². The first-order chi connectivity index (χ1) is 11.4. The Balaban J connectivity index is 1.81. The van der Waals surface area contributed by atoms with Crippen LogP contribution >= 0.6 is 21.6 Å². The zero-order chi connectivity index (χ0) is 17.7. The first-order valence-corrected chi connectivity index (χ1v) is 9.76. The molecule has 0 amide bonds. The molecule has 0 aliphatic carbocycles. The van der Waals surface area contributed by atoms with Crippen LogP contribution < -0.4 is 22.5 Å². The van der Waals surface area contributed by atoms with Crippen LogP contribution in [0.1, 0.15) is 22.5 Å². The molecule has 0 aliphatic rings. The van der Waals surface area contributed by atoms with Gasteiger partial charge in [0.2, 0.25) is 0 Å². The summed E-state index contributed by atoms with van der Waals surface area (Å²) in [4.78, 5) is 55.2. The maximum atomic E-state index is 11.7. The van der Waals surface area contributed by atoms with Gasteiger partial charge in [-0.05, 0) is 26.7 Å². The van der Waals surface area contributed by atoms with Crippen LogP contribution in [-0.4, -0.2) is 31.4 Å². The van der Waals surface area contributed by atoms with Crippen LogP contribution in [0.5, 0.6) is 0 Å². The summed E-state index contributed by atoms with van der Waals surface area (Å²) < 4.78 is 0. The highest BCUT2D eigenvalue weighted by Crippen LogP contribution is 2.23. The van der Waals surface area contributed by atoms with Gasteiger partial charge in [0.15, 0.2) is 0 Å². The zero-order valence-corrected chi connectivity index (χ0v) is 14.9. The predicted molar refractivity (Wildman–Crippen MR) is 97.2 cm³/mol. The van der Waals surface area contributed by atoms with Gasteiger partial charge in [0.25, 0.3) is 11.1 Å². The average Bonchev–Trinajstić information content (AvgIpc) is 2.46. The zero-order valence-electron chi connectivity index (χ0n) is 13.3. The molecule has 0 saturated heterocycles. The van der Waals surface area contributed by atoms with E-state index in [-0.39, 0.29) is 11.1 Å². The maximum absolute atomic E-state index is 11.7. The summed E-state index contributed by atoms with van der Waals surface area (Å²) in [5, 5.41) is 0. The smallest absolute Gasteiger partial charge is 0.311 e. The van der Waals surface area contributed by atoms with Gasteiger partial charge >= 0.3 is 11.4 Å². The Bertz CT molecular complexity index is 864. The van der Waals surface area contributed by atoms with Crippen LogP contribution in [0.2, 0.25) is 0 Å². The number of H-pyrrole nitrogens is 4. The first-order valence-electron chi connectivity index (χ1n) is 7.27. The van der Waals surface area contributed by atoms with Crippen LogP contribution in [0.3, 0.4) is 0 Å². The molecule has 2 heterocycles. The number of aryl methyl sites for hydroxylation is 2. The van der Waals surface area contributed by atoms with Crippen LogP contribution in [0.15, 0.2) is 19.2 Å². The van der Waals surface area contributed by atoms with Gasteiger partial charge in [-0.15, -0.1) is 0 Å². The molecule has 2 aromatic rings. The van der Waals surface area contributed by atoms with E-state index in [0.717, 1.165) is 0 Å². The topological polar surface area (TPSA) is 131 Å². The molecule has 2 rings (SSSR count). The minimum absolute atomic E-state index is 0.350. The molecule has 0 aromatic carbocycles. The highest BCUT2D eigenvalue weighted by Gasteiger charge is 2.07. The van der Waals surface area contributed by atoms with Gasteiger partial charge in [0.05, 0.1) is 0 Å². The van der Waals surface area contributed by atoms with Crippen LogP contribution in [0, 0.1) is 13.8 Å². The molecule has 24 heavy (non-hydrogen) atoms. The summed E-state index contributed by atoms with van der Waals surface area (Å²) in [7, 11) is 3.18. The molecule has 0 atom stereocenters. The molecule has 0 bridgehead atoms. The number of hydrogen-bond donors (Lipinski definition) is 4. The largest absolute Gasteiger partial charge is 0.325 e. The Morgan fingerprint density at radius 2 is 1.04 bits per heavy atom. The number of rotatable bonds is 7. The fraction of sp³-hybridized carbons (Fsp3) is 0.429. The molecule has 8 nitrogen and oxygen atoms in total. The Hall–Kier alpha value is -1.94. The molecular weight excluding hydrogens is 352 g/mol. The fourth-order valence-electron chi connectivity index (χ4n) is 2.26. The van der Waals surface area contributed by atoms with Crippen LogP contribution in [-0.2, 0) is 12.8 Å². The summed E-state index contributed by atoms with van der Waals surface area (Å²) >= 11 is 0.